The molecule has 0 N–H and O–H groups in total. The van der Waals surface area contributed by atoms with Gasteiger partial charge >= 0.3 is 0 Å². The second kappa shape index (κ2) is 8.65. The number of ether oxygens (including phenoxy) is 1. The van der Waals surface area contributed by atoms with Crippen LogP contribution in [0.4, 0.5) is 5.69 Å². The third-order valence-electron chi connectivity index (χ3n) is 4.98. The lowest BCUT2D eigenvalue weighted by Gasteiger charge is -2.33. The average Bonchev–Trinajstić information content (AvgIpc) is 2.72. The Morgan fingerprint density at radius 3 is 2.43 bits per heavy atom. The number of anilines is 1. The van der Waals surface area contributed by atoms with E-state index < -0.39 is 10.0 Å². The van der Waals surface area contributed by atoms with Crippen molar-refractivity contribution < 1.29 is 17.9 Å². The number of para-hydroxylation sites is 1. The lowest BCUT2D eigenvalue weighted by Crippen LogP contribution is -2.46. The van der Waals surface area contributed by atoms with E-state index in [1.165, 1.54) is 23.5 Å². The fourth-order valence-electron chi connectivity index (χ4n) is 3.42. The number of sulfonamides is 1. The van der Waals surface area contributed by atoms with Crippen molar-refractivity contribution in [2.75, 3.05) is 31.0 Å². The largest absolute Gasteiger partial charge is 0.497 e. The third kappa shape index (κ3) is 4.47. The summed E-state index contributed by atoms with van der Waals surface area (Å²) in [6.07, 6.45) is 2.04. The summed E-state index contributed by atoms with van der Waals surface area (Å²) >= 11 is 0. The zero-order valence-electron chi connectivity index (χ0n) is 16.2. The molecule has 0 saturated carbocycles. The summed E-state index contributed by atoms with van der Waals surface area (Å²) in [4.78, 5) is 14.8. The van der Waals surface area contributed by atoms with Crippen molar-refractivity contribution in [3.63, 3.8) is 0 Å². The van der Waals surface area contributed by atoms with Crippen molar-refractivity contribution in [3.8, 4) is 5.75 Å². The summed E-state index contributed by atoms with van der Waals surface area (Å²) in [5, 5.41) is 0. The second-order valence-corrected chi connectivity index (χ2v) is 8.97. The first-order valence-electron chi connectivity index (χ1n) is 9.41. The van der Waals surface area contributed by atoms with Crippen molar-refractivity contribution in [1.29, 1.82) is 0 Å². The molecule has 2 aromatic carbocycles. The molecule has 1 aliphatic heterocycles. The van der Waals surface area contributed by atoms with Crippen LogP contribution in [-0.4, -0.2) is 46.0 Å². The highest BCUT2D eigenvalue weighted by Crippen LogP contribution is 2.25. The first kappa shape index (κ1) is 20.2. The molecule has 0 bridgehead atoms. The summed E-state index contributed by atoms with van der Waals surface area (Å²) in [5.74, 6) is 0.831. The second-order valence-electron chi connectivity index (χ2n) is 7.11. The van der Waals surface area contributed by atoms with Crippen molar-refractivity contribution >= 4 is 21.6 Å². The Labute approximate surface area is 166 Å². The number of amides is 1. The number of likely N-dealkylation sites (tertiary alicyclic amines) is 1. The Morgan fingerprint density at radius 2 is 1.82 bits per heavy atom. The Kier molecular flexibility index (Phi) is 6.24. The molecule has 2 aromatic rings. The molecule has 0 aromatic heterocycles. The van der Waals surface area contributed by atoms with Gasteiger partial charge in [0.2, 0.25) is 5.91 Å². The maximum Gasteiger partial charge on any atom is 0.264 e. The summed E-state index contributed by atoms with van der Waals surface area (Å²) in [5.41, 5.74) is 0.469. The summed E-state index contributed by atoms with van der Waals surface area (Å²) < 4.78 is 33.0. The van der Waals surface area contributed by atoms with Crippen LogP contribution in [0.1, 0.15) is 19.8 Å². The van der Waals surface area contributed by atoms with Crippen molar-refractivity contribution in [2.24, 2.45) is 5.92 Å². The number of methoxy groups -OCH3 is 1. The minimum Gasteiger partial charge on any atom is -0.497 e. The number of hydrogen-bond donors (Lipinski definition) is 0. The molecule has 1 heterocycles. The molecule has 1 amide bonds. The van der Waals surface area contributed by atoms with Gasteiger partial charge in [-0.1, -0.05) is 25.1 Å². The van der Waals surface area contributed by atoms with E-state index in [0.29, 0.717) is 30.4 Å². The van der Waals surface area contributed by atoms with Gasteiger partial charge in [-0.05, 0) is 55.2 Å². The molecule has 0 spiro atoms. The van der Waals surface area contributed by atoms with E-state index in [9.17, 15) is 13.2 Å². The fourth-order valence-corrected chi connectivity index (χ4v) is 4.84. The number of rotatable bonds is 6. The van der Waals surface area contributed by atoms with Gasteiger partial charge in [0.1, 0.15) is 12.3 Å². The highest BCUT2D eigenvalue weighted by Gasteiger charge is 2.30. The maximum atomic E-state index is 13.3. The van der Waals surface area contributed by atoms with E-state index in [2.05, 4.69) is 6.92 Å². The summed E-state index contributed by atoms with van der Waals surface area (Å²) in [7, 11) is -2.37. The van der Waals surface area contributed by atoms with Crippen LogP contribution in [0, 0.1) is 5.92 Å². The van der Waals surface area contributed by atoms with Crippen LogP contribution in [0.25, 0.3) is 0 Å². The van der Waals surface area contributed by atoms with E-state index in [1.807, 2.05) is 6.07 Å². The first-order valence-corrected chi connectivity index (χ1v) is 10.9. The van der Waals surface area contributed by atoms with Crippen LogP contribution in [-0.2, 0) is 14.8 Å². The van der Waals surface area contributed by atoms with Gasteiger partial charge in [-0.3, -0.25) is 9.10 Å². The highest BCUT2D eigenvalue weighted by atomic mass is 32.2. The predicted octanol–water partition coefficient (Wildman–Crippen LogP) is 3.15. The minimum atomic E-state index is -3.90. The Morgan fingerprint density at radius 1 is 1.14 bits per heavy atom. The van der Waals surface area contributed by atoms with Gasteiger partial charge in [-0.25, -0.2) is 8.42 Å². The van der Waals surface area contributed by atoms with Crippen LogP contribution in [0.15, 0.2) is 59.5 Å². The smallest absolute Gasteiger partial charge is 0.264 e. The topological polar surface area (TPSA) is 66.9 Å². The molecular weight excluding hydrogens is 376 g/mol. The highest BCUT2D eigenvalue weighted by molar-refractivity contribution is 7.92. The normalized spacial score (nSPS) is 17.2. The van der Waals surface area contributed by atoms with Gasteiger partial charge in [-0.2, -0.15) is 0 Å². The van der Waals surface area contributed by atoms with Gasteiger partial charge in [0, 0.05) is 13.1 Å². The summed E-state index contributed by atoms with van der Waals surface area (Å²) in [6.45, 7) is 3.24. The van der Waals surface area contributed by atoms with Gasteiger partial charge in [0.15, 0.2) is 0 Å². The average molecular weight is 403 g/mol. The van der Waals surface area contributed by atoms with E-state index in [-0.39, 0.29) is 17.3 Å². The standard InChI is InChI=1S/C21H26N2O4S/c1-17-7-6-14-22(15-17)21(24)16-23(18-8-4-3-5-9-18)28(25,26)20-12-10-19(27-2)11-13-20/h3-5,8-13,17H,6-7,14-16H2,1-2H3/t17-/m0/s1. The molecule has 0 radical (unpaired) electrons. The predicted molar refractivity (Wildman–Crippen MR) is 109 cm³/mol. The van der Waals surface area contributed by atoms with Crippen LogP contribution >= 0.6 is 0 Å². The van der Waals surface area contributed by atoms with E-state index in [0.717, 1.165) is 12.8 Å². The molecule has 1 fully saturated rings. The third-order valence-corrected chi connectivity index (χ3v) is 6.77. The fraction of sp³-hybridized carbons (Fsp3) is 0.381. The molecule has 1 atom stereocenters. The van der Waals surface area contributed by atoms with Crippen molar-refractivity contribution in [1.82, 2.24) is 4.90 Å². The Hall–Kier alpha value is -2.54. The van der Waals surface area contributed by atoms with Gasteiger partial charge < -0.3 is 9.64 Å². The molecule has 7 heteroatoms. The van der Waals surface area contributed by atoms with E-state index in [1.54, 1.807) is 41.3 Å². The number of nitrogens with zero attached hydrogens (tertiary/aromatic N) is 2. The number of hydrogen-bond acceptors (Lipinski definition) is 4. The molecule has 3 rings (SSSR count). The van der Waals surface area contributed by atoms with Crippen LogP contribution in [0.3, 0.4) is 0 Å². The maximum absolute atomic E-state index is 13.3. The number of carbonyl (C=O) groups excluding carboxylic acids is 1. The SMILES string of the molecule is COc1ccc(S(=O)(=O)N(CC(=O)N2CCC[C@H](C)C2)c2ccccc2)cc1. The van der Waals surface area contributed by atoms with Crippen molar-refractivity contribution in [3.05, 3.63) is 54.6 Å². The lowest BCUT2D eigenvalue weighted by atomic mass is 10.0. The lowest BCUT2D eigenvalue weighted by molar-refractivity contribution is -0.131. The Bertz CT molecular complexity index is 898. The molecule has 0 unspecified atom stereocenters. The Balaban J connectivity index is 1.91. The molecule has 150 valence electrons. The van der Waals surface area contributed by atoms with Crippen LogP contribution < -0.4 is 9.04 Å². The van der Waals surface area contributed by atoms with Gasteiger partial charge in [0.25, 0.3) is 10.0 Å². The molecule has 28 heavy (non-hydrogen) atoms. The van der Waals surface area contributed by atoms with Gasteiger partial charge in [0.05, 0.1) is 17.7 Å². The first-order chi connectivity index (χ1) is 13.4. The molecule has 1 aliphatic rings. The number of benzene rings is 2. The van der Waals surface area contributed by atoms with Crippen molar-refractivity contribution in [2.45, 2.75) is 24.7 Å². The van der Waals surface area contributed by atoms with E-state index >= 15 is 0 Å². The number of carbonyl (C=O) groups is 1. The molecular formula is C21H26N2O4S. The zero-order valence-corrected chi connectivity index (χ0v) is 17.1. The quantitative estimate of drug-likeness (QED) is 0.744. The summed E-state index contributed by atoms with van der Waals surface area (Å²) in [6, 6.07) is 14.9. The van der Waals surface area contributed by atoms with E-state index in [4.69, 9.17) is 4.74 Å². The minimum absolute atomic E-state index is 0.122. The van der Waals surface area contributed by atoms with Crippen LogP contribution in [0.5, 0.6) is 5.75 Å². The monoisotopic (exact) mass is 402 g/mol. The van der Waals surface area contributed by atoms with Gasteiger partial charge in [-0.15, -0.1) is 0 Å². The number of piperidine rings is 1. The zero-order chi connectivity index (χ0) is 20.1. The molecule has 6 nitrogen and oxygen atoms in total. The molecule has 1 saturated heterocycles. The van der Waals surface area contributed by atoms with Crippen LogP contribution in [0.2, 0.25) is 0 Å². The molecule has 0 aliphatic carbocycles.